The summed E-state index contributed by atoms with van der Waals surface area (Å²) < 4.78 is 10.4. The van der Waals surface area contributed by atoms with Crippen molar-refractivity contribution in [2.24, 2.45) is 0 Å². The molecule has 0 aromatic heterocycles. The van der Waals surface area contributed by atoms with E-state index >= 15 is 0 Å². The van der Waals surface area contributed by atoms with Crippen molar-refractivity contribution in [3.05, 3.63) is 90.0 Å². The van der Waals surface area contributed by atoms with E-state index in [0.29, 0.717) is 23.7 Å². The monoisotopic (exact) mass is 447 g/mol. The van der Waals surface area contributed by atoms with Gasteiger partial charge in [-0.15, -0.1) is 0 Å². The topological polar surface area (TPSA) is 88.7 Å². The Balaban J connectivity index is 1.48. The Hall–Kier alpha value is -4.00. The summed E-state index contributed by atoms with van der Waals surface area (Å²) in [6.07, 6.45) is 0.745. The molecule has 3 rings (SSSR count). The van der Waals surface area contributed by atoms with Crippen LogP contribution < -0.4 is 25.4 Å². The summed E-state index contributed by atoms with van der Waals surface area (Å²) in [5.41, 5.74) is 2.87. The van der Waals surface area contributed by atoms with Crippen LogP contribution in [0, 0.1) is 0 Å². The SMILES string of the molecule is COc1ccc(NC(=O)NCC(=O)NCCC(c2ccccc2)c2ccccc2)c(OC)c1. The molecule has 33 heavy (non-hydrogen) atoms. The lowest BCUT2D eigenvalue weighted by molar-refractivity contribution is -0.120. The van der Waals surface area contributed by atoms with Crippen molar-refractivity contribution >= 4 is 17.6 Å². The molecule has 0 spiro atoms. The first-order valence-electron chi connectivity index (χ1n) is 10.7. The molecule has 7 heteroatoms. The van der Waals surface area contributed by atoms with Crippen molar-refractivity contribution in [1.29, 1.82) is 0 Å². The Morgan fingerprint density at radius 2 is 1.45 bits per heavy atom. The Morgan fingerprint density at radius 3 is 2.03 bits per heavy atom. The van der Waals surface area contributed by atoms with Gasteiger partial charge in [-0.05, 0) is 29.7 Å². The zero-order valence-corrected chi connectivity index (χ0v) is 18.8. The molecule has 0 bridgehead atoms. The van der Waals surface area contributed by atoms with Gasteiger partial charge in [0.15, 0.2) is 0 Å². The number of carbonyl (C=O) groups is 2. The average molecular weight is 448 g/mol. The summed E-state index contributed by atoms with van der Waals surface area (Å²) in [6.45, 7) is 0.356. The van der Waals surface area contributed by atoms with Gasteiger partial charge in [-0.3, -0.25) is 4.79 Å². The second-order valence-electron chi connectivity index (χ2n) is 7.39. The molecule has 3 N–H and O–H groups in total. The van der Waals surface area contributed by atoms with Crippen LogP contribution in [0.1, 0.15) is 23.5 Å². The molecular weight excluding hydrogens is 418 g/mol. The first-order valence-corrected chi connectivity index (χ1v) is 10.7. The van der Waals surface area contributed by atoms with Crippen LogP contribution in [0.2, 0.25) is 0 Å². The second kappa shape index (κ2) is 12.1. The Labute approximate surface area is 194 Å². The number of urea groups is 1. The van der Waals surface area contributed by atoms with Crippen LogP contribution in [-0.2, 0) is 4.79 Å². The molecule has 0 aliphatic carbocycles. The molecule has 0 radical (unpaired) electrons. The van der Waals surface area contributed by atoms with Gasteiger partial charge in [0.2, 0.25) is 5.91 Å². The largest absolute Gasteiger partial charge is 0.497 e. The molecular formula is C26H29N3O4. The number of nitrogens with one attached hydrogen (secondary N) is 3. The highest BCUT2D eigenvalue weighted by molar-refractivity contribution is 5.93. The maximum atomic E-state index is 12.3. The first-order chi connectivity index (χ1) is 16.1. The van der Waals surface area contributed by atoms with Crippen LogP contribution in [0.4, 0.5) is 10.5 Å². The van der Waals surface area contributed by atoms with E-state index in [-0.39, 0.29) is 18.4 Å². The molecule has 7 nitrogen and oxygen atoms in total. The molecule has 0 fully saturated rings. The van der Waals surface area contributed by atoms with Gasteiger partial charge >= 0.3 is 6.03 Å². The van der Waals surface area contributed by atoms with Crippen molar-refractivity contribution in [2.45, 2.75) is 12.3 Å². The molecule has 0 heterocycles. The molecule has 3 amide bonds. The standard InChI is InChI=1S/C26H29N3O4/c1-32-21-13-14-23(24(17-21)33-2)29-26(31)28-18-25(30)27-16-15-22(19-9-5-3-6-10-19)20-11-7-4-8-12-20/h3-14,17,22H,15-16,18H2,1-2H3,(H,27,30)(H2,28,29,31). The first kappa shape index (κ1) is 23.7. The molecule has 0 unspecified atom stereocenters. The fourth-order valence-corrected chi connectivity index (χ4v) is 3.54. The number of hydrogen-bond donors (Lipinski definition) is 3. The van der Waals surface area contributed by atoms with Crippen molar-refractivity contribution in [3.8, 4) is 11.5 Å². The van der Waals surface area contributed by atoms with E-state index in [1.165, 1.54) is 18.2 Å². The summed E-state index contributed by atoms with van der Waals surface area (Å²) in [5.74, 6) is 0.988. The van der Waals surface area contributed by atoms with Gasteiger partial charge in [0.05, 0.1) is 26.5 Å². The van der Waals surface area contributed by atoms with Crippen LogP contribution in [0.15, 0.2) is 78.9 Å². The third kappa shape index (κ3) is 7.00. The summed E-state index contributed by atoms with van der Waals surface area (Å²) in [4.78, 5) is 24.5. The van der Waals surface area contributed by atoms with Crippen molar-refractivity contribution < 1.29 is 19.1 Å². The minimum Gasteiger partial charge on any atom is -0.497 e. The maximum Gasteiger partial charge on any atom is 0.319 e. The number of benzene rings is 3. The van der Waals surface area contributed by atoms with E-state index in [2.05, 4.69) is 40.2 Å². The zero-order chi connectivity index (χ0) is 23.5. The van der Waals surface area contributed by atoms with Gasteiger partial charge < -0.3 is 25.4 Å². The van der Waals surface area contributed by atoms with Gasteiger partial charge in [-0.1, -0.05) is 60.7 Å². The van der Waals surface area contributed by atoms with E-state index < -0.39 is 6.03 Å². The molecule has 3 aromatic rings. The molecule has 0 saturated heterocycles. The average Bonchev–Trinajstić information content (AvgIpc) is 2.86. The summed E-state index contributed by atoms with van der Waals surface area (Å²) in [6, 6.07) is 25.0. The van der Waals surface area contributed by atoms with E-state index in [9.17, 15) is 9.59 Å². The third-order valence-electron chi connectivity index (χ3n) is 5.23. The minimum absolute atomic E-state index is 0.133. The molecule has 0 aliphatic rings. The zero-order valence-electron chi connectivity index (χ0n) is 18.8. The lowest BCUT2D eigenvalue weighted by atomic mass is 9.88. The molecule has 3 aromatic carbocycles. The molecule has 172 valence electrons. The normalized spacial score (nSPS) is 10.4. The second-order valence-corrected chi connectivity index (χ2v) is 7.39. The van der Waals surface area contributed by atoms with Gasteiger partial charge in [0.1, 0.15) is 11.5 Å². The fraction of sp³-hybridized carbons (Fsp3) is 0.231. The van der Waals surface area contributed by atoms with Gasteiger partial charge in [0.25, 0.3) is 0 Å². The highest BCUT2D eigenvalue weighted by Gasteiger charge is 2.15. The summed E-state index contributed by atoms with van der Waals surface area (Å²) in [7, 11) is 3.05. The predicted octanol–water partition coefficient (Wildman–Crippen LogP) is 4.16. The van der Waals surface area contributed by atoms with E-state index in [1.807, 2.05) is 36.4 Å². The molecule has 0 atom stereocenters. The smallest absolute Gasteiger partial charge is 0.319 e. The van der Waals surface area contributed by atoms with Crippen molar-refractivity contribution in [1.82, 2.24) is 10.6 Å². The minimum atomic E-state index is -0.500. The number of amides is 3. The van der Waals surface area contributed by atoms with Gasteiger partial charge in [-0.2, -0.15) is 0 Å². The number of carbonyl (C=O) groups excluding carboxylic acids is 2. The van der Waals surface area contributed by atoms with Crippen LogP contribution in [0.5, 0.6) is 11.5 Å². The Bertz CT molecular complexity index is 1000. The van der Waals surface area contributed by atoms with Crippen LogP contribution >= 0.6 is 0 Å². The van der Waals surface area contributed by atoms with Crippen LogP contribution in [0.25, 0.3) is 0 Å². The molecule has 0 saturated carbocycles. The fourth-order valence-electron chi connectivity index (χ4n) is 3.54. The number of methoxy groups -OCH3 is 2. The number of ether oxygens (including phenoxy) is 2. The third-order valence-corrected chi connectivity index (χ3v) is 5.23. The maximum absolute atomic E-state index is 12.3. The summed E-state index contributed by atoms with van der Waals surface area (Å²) in [5, 5.41) is 8.13. The number of anilines is 1. The van der Waals surface area contributed by atoms with E-state index in [1.54, 1.807) is 25.3 Å². The lowest BCUT2D eigenvalue weighted by Gasteiger charge is -2.18. The lowest BCUT2D eigenvalue weighted by Crippen LogP contribution is -2.39. The van der Waals surface area contributed by atoms with E-state index in [0.717, 1.165) is 6.42 Å². The van der Waals surface area contributed by atoms with Crippen LogP contribution in [-0.4, -0.2) is 39.2 Å². The van der Waals surface area contributed by atoms with Gasteiger partial charge in [-0.25, -0.2) is 4.79 Å². The van der Waals surface area contributed by atoms with Crippen molar-refractivity contribution in [3.63, 3.8) is 0 Å². The van der Waals surface area contributed by atoms with Gasteiger partial charge in [0, 0.05) is 18.5 Å². The predicted molar refractivity (Wildman–Crippen MR) is 129 cm³/mol. The quantitative estimate of drug-likeness (QED) is 0.435. The highest BCUT2D eigenvalue weighted by Crippen LogP contribution is 2.29. The molecule has 0 aliphatic heterocycles. The summed E-state index contributed by atoms with van der Waals surface area (Å²) >= 11 is 0. The highest BCUT2D eigenvalue weighted by atomic mass is 16.5. The number of hydrogen-bond acceptors (Lipinski definition) is 4. The number of rotatable bonds is 10. The van der Waals surface area contributed by atoms with Crippen molar-refractivity contribution in [2.75, 3.05) is 32.6 Å². The van der Waals surface area contributed by atoms with Crippen LogP contribution in [0.3, 0.4) is 0 Å². The van der Waals surface area contributed by atoms with E-state index in [4.69, 9.17) is 9.47 Å². The Morgan fingerprint density at radius 1 is 0.818 bits per heavy atom. The Kier molecular flexibility index (Phi) is 8.71.